The van der Waals surface area contributed by atoms with Gasteiger partial charge in [-0.3, -0.25) is 0 Å². The molecule has 98 valence electrons. The average molecular weight is 267 g/mol. The Morgan fingerprint density at radius 2 is 2.11 bits per heavy atom. The third-order valence-corrected chi connectivity index (χ3v) is 3.08. The molecule has 0 saturated carbocycles. The van der Waals surface area contributed by atoms with E-state index in [0.29, 0.717) is 5.75 Å². The normalized spacial score (nSPS) is 10.6. The molecule has 0 atom stereocenters. The molecule has 0 saturated heterocycles. The highest BCUT2D eigenvalue weighted by molar-refractivity contribution is 7.90. The van der Waals surface area contributed by atoms with Crippen LogP contribution < -0.4 is 10.5 Å². The number of sulfone groups is 1. The molecule has 1 aromatic rings. The SMILES string of the molecule is Cc1ccc(OCCS(C)(=O)=O)c(C#CCN)c1. The molecule has 0 aliphatic carbocycles. The molecular weight excluding hydrogens is 250 g/mol. The minimum Gasteiger partial charge on any atom is -0.491 e. The van der Waals surface area contributed by atoms with Crippen LogP contribution in [0.5, 0.6) is 5.75 Å². The van der Waals surface area contributed by atoms with E-state index in [1.165, 1.54) is 6.26 Å². The summed E-state index contributed by atoms with van der Waals surface area (Å²) in [6.07, 6.45) is 1.18. The van der Waals surface area contributed by atoms with Crippen LogP contribution >= 0.6 is 0 Å². The monoisotopic (exact) mass is 267 g/mol. The van der Waals surface area contributed by atoms with Crippen molar-refractivity contribution in [1.29, 1.82) is 0 Å². The molecule has 1 aromatic carbocycles. The Hall–Kier alpha value is -1.51. The molecule has 0 aliphatic heterocycles. The first-order chi connectivity index (χ1) is 8.42. The molecule has 2 N–H and O–H groups in total. The number of hydrogen-bond donors (Lipinski definition) is 1. The predicted octanol–water partition coefficient (Wildman–Crippen LogP) is 0.729. The second-order valence-corrected chi connectivity index (χ2v) is 6.24. The molecule has 0 aromatic heterocycles. The van der Waals surface area contributed by atoms with Crippen LogP contribution in [0.2, 0.25) is 0 Å². The molecule has 0 heterocycles. The largest absolute Gasteiger partial charge is 0.491 e. The smallest absolute Gasteiger partial charge is 0.150 e. The summed E-state index contributed by atoms with van der Waals surface area (Å²) < 4.78 is 27.5. The Labute approximate surface area is 108 Å². The summed E-state index contributed by atoms with van der Waals surface area (Å²) in [5, 5.41) is 0. The average Bonchev–Trinajstić information content (AvgIpc) is 2.27. The molecule has 0 aliphatic rings. The highest BCUT2D eigenvalue weighted by atomic mass is 32.2. The zero-order valence-corrected chi connectivity index (χ0v) is 11.4. The molecule has 0 fully saturated rings. The lowest BCUT2D eigenvalue weighted by Crippen LogP contribution is -2.12. The highest BCUT2D eigenvalue weighted by Crippen LogP contribution is 2.19. The number of ether oxygens (including phenoxy) is 1. The molecule has 0 unspecified atom stereocenters. The van der Waals surface area contributed by atoms with E-state index in [1.54, 1.807) is 6.07 Å². The van der Waals surface area contributed by atoms with Gasteiger partial charge in [-0.15, -0.1) is 0 Å². The topological polar surface area (TPSA) is 69.4 Å². The Morgan fingerprint density at radius 1 is 1.39 bits per heavy atom. The first-order valence-electron chi connectivity index (χ1n) is 5.52. The number of hydrogen-bond acceptors (Lipinski definition) is 4. The van der Waals surface area contributed by atoms with Gasteiger partial charge in [-0.25, -0.2) is 8.42 Å². The van der Waals surface area contributed by atoms with E-state index in [4.69, 9.17) is 10.5 Å². The second-order valence-electron chi connectivity index (χ2n) is 3.98. The maximum Gasteiger partial charge on any atom is 0.150 e. The zero-order chi connectivity index (χ0) is 13.6. The molecule has 0 spiro atoms. The van der Waals surface area contributed by atoms with E-state index in [1.807, 2.05) is 19.1 Å². The zero-order valence-electron chi connectivity index (χ0n) is 10.6. The lowest BCUT2D eigenvalue weighted by Gasteiger charge is -2.08. The van der Waals surface area contributed by atoms with Crippen molar-refractivity contribution >= 4 is 9.84 Å². The van der Waals surface area contributed by atoms with Gasteiger partial charge in [-0.2, -0.15) is 0 Å². The van der Waals surface area contributed by atoms with Crippen molar-refractivity contribution in [3.63, 3.8) is 0 Å². The molecule has 1 rings (SSSR count). The fourth-order valence-corrected chi connectivity index (χ4v) is 1.70. The van der Waals surface area contributed by atoms with Gasteiger partial charge in [-0.05, 0) is 24.6 Å². The highest BCUT2D eigenvalue weighted by Gasteiger charge is 2.05. The number of benzene rings is 1. The standard InChI is InChI=1S/C13H17NO3S/c1-11-5-6-13(12(10-11)4-3-7-14)17-8-9-18(2,15)16/h5-6,10H,7-9,14H2,1-2H3. The second kappa shape index (κ2) is 6.43. The Kier molecular flexibility index (Phi) is 5.20. The fourth-order valence-electron chi connectivity index (χ4n) is 1.32. The van der Waals surface area contributed by atoms with Crippen LogP contribution in [0.1, 0.15) is 11.1 Å². The minimum atomic E-state index is -3.01. The summed E-state index contributed by atoms with van der Waals surface area (Å²) in [4.78, 5) is 0. The number of aryl methyl sites for hydroxylation is 1. The van der Waals surface area contributed by atoms with Crippen molar-refractivity contribution in [3.8, 4) is 17.6 Å². The summed E-state index contributed by atoms with van der Waals surface area (Å²) in [7, 11) is -3.01. The fraction of sp³-hybridized carbons (Fsp3) is 0.385. The third-order valence-electron chi connectivity index (χ3n) is 2.17. The van der Waals surface area contributed by atoms with Crippen LogP contribution in [-0.2, 0) is 9.84 Å². The van der Waals surface area contributed by atoms with Crippen molar-refractivity contribution in [2.45, 2.75) is 6.92 Å². The van der Waals surface area contributed by atoms with Crippen LogP contribution in [-0.4, -0.2) is 33.6 Å². The van der Waals surface area contributed by atoms with Crippen molar-refractivity contribution < 1.29 is 13.2 Å². The molecular formula is C13H17NO3S. The van der Waals surface area contributed by atoms with Gasteiger partial charge in [0.2, 0.25) is 0 Å². The summed E-state index contributed by atoms with van der Waals surface area (Å²) in [6, 6.07) is 5.57. The van der Waals surface area contributed by atoms with Crippen LogP contribution in [0.25, 0.3) is 0 Å². The van der Waals surface area contributed by atoms with Gasteiger partial charge >= 0.3 is 0 Å². The maximum atomic E-state index is 11.0. The quantitative estimate of drug-likeness (QED) is 0.816. The van der Waals surface area contributed by atoms with E-state index in [2.05, 4.69) is 11.8 Å². The number of nitrogens with two attached hydrogens (primary N) is 1. The molecule has 0 bridgehead atoms. The predicted molar refractivity (Wildman–Crippen MR) is 72.3 cm³/mol. The summed E-state index contributed by atoms with van der Waals surface area (Å²) in [5.41, 5.74) is 7.12. The van der Waals surface area contributed by atoms with Gasteiger partial charge in [0.15, 0.2) is 9.84 Å². The molecule has 0 amide bonds. The van der Waals surface area contributed by atoms with E-state index in [-0.39, 0.29) is 18.9 Å². The van der Waals surface area contributed by atoms with Crippen LogP contribution in [0.15, 0.2) is 18.2 Å². The van der Waals surface area contributed by atoms with Crippen molar-refractivity contribution in [2.24, 2.45) is 5.73 Å². The van der Waals surface area contributed by atoms with Crippen LogP contribution in [0, 0.1) is 18.8 Å². The molecule has 5 heteroatoms. The van der Waals surface area contributed by atoms with Crippen LogP contribution in [0.3, 0.4) is 0 Å². The van der Waals surface area contributed by atoms with Crippen molar-refractivity contribution in [3.05, 3.63) is 29.3 Å². The first kappa shape index (κ1) is 14.6. The molecule has 18 heavy (non-hydrogen) atoms. The minimum absolute atomic E-state index is 0.00929. The van der Waals surface area contributed by atoms with Gasteiger partial charge < -0.3 is 10.5 Å². The lowest BCUT2D eigenvalue weighted by atomic mass is 10.1. The van der Waals surface area contributed by atoms with E-state index in [0.717, 1.165) is 11.1 Å². The van der Waals surface area contributed by atoms with Gasteiger partial charge in [0.1, 0.15) is 12.4 Å². The molecule has 0 radical (unpaired) electrons. The maximum absolute atomic E-state index is 11.0. The summed E-state index contributed by atoms with van der Waals surface area (Å²) in [5.74, 6) is 6.25. The van der Waals surface area contributed by atoms with E-state index >= 15 is 0 Å². The first-order valence-corrected chi connectivity index (χ1v) is 7.58. The van der Waals surface area contributed by atoms with Crippen molar-refractivity contribution in [2.75, 3.05) is 25.2 Å². The third kappa shape index (κ3) is 5.21. The van der Waals surface area contributed by atoms with Crippen LogP contribution in [0.4, 0.5) is 0 Å². The van der Waals surface area contributed by atoms with Gasteiger partial charge in [0.05, 0.1) is 17.9 Å². The van der Waals surface area contributed by atoms with E-state index in [9.17, 15) is 8.42 Å². The Morgan fingerprint density at radius 3 is 2.72 bits per heavy atom. The Balaban J connectivity index is 2.81. The van der Waals surface area contributed by atoms with E-state index < -0.39 is 9.84 Å². The number of rotatable bonds is 4. The van der Waals surface area contributed by atoms with Gasteiger partial charge in [0.25, 0.3) is 0 Å². The van der Waals surface area contributed by atoms with Gasteiger partial charge in [-0.1, -0.05) is 17.9 Å². The summed E-state index contributed by atoms with van der Waals surface area (Å²) in [6.45, 7) is 2.35. The van der Waals surface area contributed by atoms with Crippen molar-refractivity contribution in [1.82, 2.24) is 0 Å². The van der Waals surface area contributed by atoms with Gasteiger partial charge in [0, 0.05) is 6.26 Å². The lowest BCUT2D eigenvalue weighted by molar-refractivity contribution is 0.340. The summed E-state index contributed by atoms with van der Waals surface area (Å²) >= 11 is 0. The Bertz CT molecular complexity index is 568. The molecule has 4 nitrogen and oxygen atoms in total.